The molecule has 0 atom stereocenters. The van der Waals surface area contributed by atoms with Crippen LogP contribution in [-0.2, 0) is 10.0 Å². The molecule has 1 amide bonds. The quantitative estimate of drug-likeness (QED) is 0.911. The molecule has 0 aliphatic carbocycles. The number of amides is 1. The molecule has 0 spiro atoms. The lowest BCUT2D eigenvalue weighted by molar-refractivity contribution is 0.102. The normalized spacial score (nSPS) is 15.7. The SMILES string of the molecule is Cc1ccc(C(=O)Nc2cccc(S(=O)(=O)N3CCCCC3)c2)cc1. The zero-order valence-corrected chi connectivity index (χ0v) is 15.1. The van der Waals surface area contributed by atoms with Crippen molar-refractivity contribution in [3.05, 3.63) is 59.7 Å². The van der Waals surface area contributed by atoms with E-state index < -0.39 is 10.0 Å². The van der Waals surface area contributed by atoms with E-state index in [-0.39, 0.29) is 10.8 Å². The molecule has 0 saturated carbocycles. The predicted molar refractivity (Wildman–Crippen MR) is 98.2 cm³/mol. The fourth-order valence-corrected chi connectivity index (χ4v) is 4.46. The molecule has 1 aliphatic rings. The maximum Gasteiger partial charge on any atom is 0.255 e. The second-order valence-corrected chi connectivity index (χ2v) is 8.25. The summed E-state index contributed by atoms with van der Waals surface area (Å²) >= 11 is 0. The number of piperidine rings is 1. The van der Waals surface area contributed by atoms with Crippen LogP contribution in [-0.4, -0.2) is 31.7 Å². The van der Waals surface area contributed by atoms with Crippen molar-refractivity contribution in [2.24, 2.45) is 0 Å². The highest BCUT2D eigenvalue weighted by Gasteiger charge is 2.26. The number of hydrogen-bond acceptors (Lipinski definition) is 3. The molecule has 1 heterocycles. The highest BCUT2D eigenvalue weighted by molar-refractivity contribution is 7.89. The number of anilines is 1. The van der Waals surface area contributed by atoms with Gasteiger partial charge < -0.3 is 5.32 Å². The van der Waals surface area contributed by atoms with Gasteiger partial charge in [0, 0.05) is 24.3 Å². The Hall–Kier alpha value is -2.18. The van der Waals surface area contributed by atoms with Gasteiger partial charge in [-0.3, -0.25) is 4.79 Å². The molecule has 6 heteroatoms. The number of rotatable bonds is 4. The lowest BCUT2D eigenvalue weighted by Crippen LogP contribution is -2.35. The molecule has 1 aliphatic heterocycles. The highest BCUT2D eigenvalue weighted by atomic mass is 32.2. The van der Waals surface area contributed by atoms with Crippen LogP contribution >= 0.6 is 0 Å². The van der Waals surface area contributed by atoms with Gasteiger partial charge in [-0.2, -0.15) is 4.31 Å². The smallest absolute Gasteiger partial charge is 0.255 e. The third kappa shape index (κ3) is 4.08. The molecule has 0 bridgehead atoms. The Bertz CT molecular complexity index is 854. The Kier molecular flexibility index (Phi) is 5.20. The Morgan fingerprint density at radius 3 is 2.36 bits per heavy atom. The van der Waals surface area contributed by atoms with Gasteiger partial charge in [0.05, 0.1) is 4.90 Å². The zero-order chi connectivity index (χ0) is 17.9. The van der Waals surface area contributed by atoms with E-state index in [0.29, 0.717) is 24.3 Å². The second kappa shape index (κ2) is 7.37. The summed E-state index contributed by atoms with van der Waals surface area (Å²) in [6.45, 7) is 3.07. The third-order valence-electron chi connectivity index (χ3n) is 4.36. The predicted octanol–water partition coefficient (Wildman–Crippen LogP) is 3.42. The van der Waals surface area contributed by atoms with E-state index in [1.807, 2.05) is 19.1 Å². The van der Waals surface area contributed by atoms with Gasteiger partial charge in [-0.1, -0.05) is 30.2 Å². The number of aryl methyl sites for hydroxylation is 1. The first-order valence-corrected chi connectivity index (χ1v) is 9.89. The van der Waals surface area contributed by atoms with E-state index in [9.17, 15) is 13.2 Å². The molecule has 1 saturated heterocycles. The Morgan fingerprint density at radius 2 is 1.68 bits per heavy atom. The minimum absolute atomic E-state index is 0.219. The summed E-state index contributed by atoms with van der Waals surface area (Å²) in [4.78, 5) is 12.5. The minimum atomic E-state index is -3.51. The monoisotopic (exact) mass is 358 g/mol. The fourth-order valence-electron chi connectivity index (χ4n) is 2.90. The van der Waals surface area contributed by atoms with E-state index in [2.05, 4.69) is 5.32 Å². The largest absolute Gasteiger partial charge is 0.322 e. The van der Waals surface area contributed by atoms with Crippen LogP contribution in [0.5, 0.6) is 0 Å². The van der Waals surface area contributed by atoms with Crippen molar-refractivity contribution in [2.45, 2.75) is 31.1 Å². The molecule has 0 aromatic heterocycles. The molecule has 5 nitrogen and oxygen atoms in total. The van der Waals surface area contributed by atoms with Crippen LogP contribution in [0.15, 0.2) is 53.4 Å². The number of nitrogens with zero attached hydrogens (tertiary/aromatic N) is 1. The van der Waals surface area contributed by atoms with Crippen LogP contribution in [0.25, 0.3) is 0 Å². The molecule has 132 valence electrons. The fraction of sp³-hybridized carbons (Fsp3) is 0.316. The maximum atomic E-state index is 12.7. The summed E-state index contributed by atoms with van der Waals surface area (Å²) in [5, 5.41) is 2.77. The lowest BCUT2D eigenvalue weighted by Gasteiger charge is -2.26. The number of hydrogen-bond donors (Lipinski definition) is 1. The second-order valence-electron chi connectivity index (χ2n) is 6.31. The zero-order valence-electron chi connectivity index (χ0n) is 14.2. The summed E-state index contributed by atoms with van der Waals surface area (Å²) in [6.07, 6.45) is 2.85. The Labute approximate surface area is 148 Å². The summed E-state index contributed by atoms with van der Waals surface area (Å²) < 4.78 is 27.0. The first kappa shape index (κ1) is 17.6. The molecular weight excluding hydrogens is 336 g/mol. The van der Waals surface area contributed by atoms with Gasteiger partial charge >= 0.3 is 0 Å². The van der Waals surface area contributed by atoms with Crippen molar-refractivity contribution >= 4 is 21.6 Å². The van der Waals surface area contributed by atoms with Crippen LogP contribution in [0, 0.1) is 6.92 Å². The van der Waals surface area contributed by atoms with Gasteiger partial charge in [-0.15, -0.1) is 0 Å². The lowest BCUT2D eigenvalue weighted by atomic mass is 10.1. The molecule has 0 unspecified atom stereocenters. The van der Waals surface area contributed by atoms with Crippen LogP contribution in [0.1, 0.15) is 35.2 Å². The number of carbonyl (C=O) groups is 1. The van der Waals surface area contributed by atoms with E-state index in [1.165, 1.54) is 10.4 Å². The van der Waals surface area contributed by atoms with E-state index in [0.717, 1.165) is 24.8 Å². The molecule has 2 aromatic rings. The van der Waals surface area contributed by atoms with E-state index in [4.69, 9.17) is 0 Å². The van der Waals surface area contributed by atoms with Crippen molar-refractivity contribution in [1.82, 2.24) is 4.31 Å². The summed E-state index contributed by atoms with van der Waals surface area (Å²) in [7, 11) is -3.51. The summed E-state index contributed by atoms with van der Waals surface area (Å²) in [5.41, 5.74) is 2.09. The summed E-state index contributed by atoms with van der Waals surface area (Å²) in [5.74, 6) is -0.257. The van der Waals surface area contributed by atoms with Crippen molar-refractivity contribution < 1.29 is 13.2 Å². The van der Waals surface area contributed by atoms with Gasteiger partial charge in [-0.05, 0) is 50.1 Å². The average molecular weight is 358 g/mol. The molecule has 3 rings (SSSR count). The molecular formula is C19H22N2O3S. The Morgan fingerprint density at radius 1 is 1.00 bits per heavy atom. The van der Waals surface area contributed by atoms with Gasteiger partial charge in [0.25, 0.3) is 5.91 Å². The number of sulfonamides is 1. The van der Waals surface area contributed by atoms with Crippen molar-refractivity contribution in [1.29, 1.82) is 0 Å². The van der Waals surface area contributed by atoms with E-state index >= 15 is 0 Å². The van der Waals surface area contributed by atoms with Crippen LogP contribution in [0.4, 0.5) is 5.69 Å². The van der Waals surface area contributed by atoms with Crippen molar-refractivity contribution in [3.63, 3.8) is 0 Å². The number of nitrogens with one attached hydrogen (secondary N) is 1. The van der Waals surface area contributed by atoms with Crippen LogP contribution in [0.3, 0.4) is 0 Å². The van der Waals surface area contributed by atoms with Crippen LogP contribution < -0.4 is 5.32 Å². The maximum absolute atomic E-state index is 12.7. The molecule has 1 N–H and O–H groups in total. The van der Waals surface area contributed by atoms with Crippen molar-refractivity contribution in [2.75, 3.05) is 18.4 Å². The first-order chi connectivity index (χ1) is 12.0. The topological polar surface area (TPSA) is 66.5 Å². The molecule has 0 radical (unpaired) electrons. The Balaban J connectivity index is 1.79. The van der Waals surface area contributed by atoms with Crippen molar-refractivity contribution in [3.8, 4) is 0 Å². The number of benzene rings is 2. The standard InChI is InChI=1S/C19H22N2O3S/c1-15-8-10-16(11-9-15)19(22)20-17-6-5-7-18(14-17)25(23,24)21-12-3-2-4-13-21/h5-11,14H,2-4,12-13H2,1H3,(H,20,22). The molecule has 25 heavy (non-hydrogen) atoms. The molecule has 2 aromatic carbocycles. The van der Waals surface area contributed by atoms with E-state index in [1.54, 1.807) is 30.3 Å². The highest BCUT2D eigenvalue weighted by Crippen LogP contribution is 2.23. The molecule has 1 fully saturated rings. The average Bonchev–Trinajstić information content (AvgIpc) is 2.63. The third-order valence-corrected chi connectivity index (χ3v) is 6.25. The van der Waals surface area contributed by atoms with Gasteiger partial charge in [0.2, 0.25) is 10.0 Å². The number of carbonyl (C=O) groups excluding carboxylic acids is 1. The first-order valence-electron chi connectivity index (χ1n) is 8.45. The minimum Gasteiger partial charge on any atom is -0.322 e. The van der Waals surface area contributed by atoms with Gasteiger partial charge in [-0.25, -0.2) is 8.42 Å². The summed E-state index contributed by atoms with van der Waals surface area (Å²) in [6, 6.07) is 13.7. The van der Waals surface area contributed by atoms with Gasteiger partial charge in [0.1, 0.15) is 0 Å². The van der Waals surface area contributed by atoms with Gasteiger partial charge in [0.15, 0.2) is 0 Å². The van der Waals surface area contributed by atoms with Crippen LogP contribution in [0.2, 0.25) is 0 Å².